The number of carbonyl (C=O) groups excluding carboxylic acids is 2. The van der Waals surface area contributed by atoms with E-state index in [0.29, 0.717) is 16.6 Å². The quantitative estimate of drug-likeness (QED) is 0.692. The van der Waals surface area contributed by atoms with Gasteiger partial charge < -0.3 is 9.73 Å². The predicted molar refractivity (Wildman–Crippen MR) is 76.8 cm³/mol. The molecule has 0 aliphatic carbocycles. The highest BCUT2D eigenvalue weighted by Gasteiger charge is 2.51. The zero-order chi connectivity index (χ0) is 15.0. The molecule has 2 aromatic heterocycles. The molecule has 0 bridgehead atoms. The molecule has 3 rings (SSSR count). The van der Waals surface area contributed by atoms with Gasteiger partial charge >= 0.3 is 6.03 Å². The molecule has 110 valence electrons. The van der Waals surface area contributed by atoms with Crippen molar-refractivity contribution in [2.75, 3.05) is 0 Å². The van der Waals surface area contributed by atoms with Crippen molar-refractivity contribution in [1.82, 2.24) is 15.2 Å². The summed E-state index contributed by atoms with van der Waals surface area (Å²) >= 11 is 7.07. The number of hydrogen-bond donors (Lipinski definition) is 1. The molecule has 0 spiro atoms. The highest BCUT2D eigenvalue weighted by atomic mass is 35.5. The van der Waals surface area contributed by atoms with Crippen LogP contribution in [0.4, 0.5) is 4.79 Å². The van der Waals surface area contributed by atoms with Crippen molar-refractivity contribution in [2.24, 2.45) is 0 Å². The van der Waals surface area contributed by atoms with Crippen LogP contribution in [0.5, 0.6) is 0 Å². The number of urea groups is 1. The Kier molecular flexibility index (Phi) is 3.46. The van der Waals surface area contributed by atoms with Gasteiger partial charge in [0.2, 0.25) is 0 Å². The minimum atomic E-state index is -1.17. The molecule has 1 unspecified atom stereocenters. The Morgan fingerprint density at radius 2 is 2.33 bits per heavy atom. The summed E-state index contributed by atoms with van der Waals surface area (Å²) < 4.78 is 5.27. The van der Waals surface area contributed by atoms with Gasteiger partial charge in [0, 0.05) is 5.38 Å². The van der Waals surface area contributed by atoms with Gasteiger partial charge in [-0.15, -0.1) is 22.9 Å². The third kappa shape index (κ3) is 2.32. The number of carbonyl (C=O) groups is 2. The monoisotopic (exact) mass is 325 g/mol. The van der Waals surface area contributed by atoms with Crippen LogP contribution in [0.2, 0.25) is 0 Å². The van der Waals surface area contributed by atoms with Crippen molar-refractivity contribution < 1.29 is 14.0 Å². The van der Waals surface area contributed by atoms with E-state index in [1.807, 2.05) is 5.38 Å². The largest absolute Gasteiger partial charge is 0.466 e. The standard InChI is InChI=1S/C13H12ClN3O3S/c1-13(9-3-2-4-20-9)11(18)17(12(19)16-13)6-10-15-8(5-14)7-21-10/h2-4,7H,5-6H2,1H3,(H,16,19). The zero-order valence-corrected chi connectivity index (χ0v) is 12.7. The van der Waals surface area contributed by atoms with Gasteiger partial charge in [0.25, 0.3) is 5.91 Å². The van der Waals surface area contributed by atoms with Crippen LogP contribution in [0.1, 0.15) is 23.4 Å². The van der Waals surface area contributed by atoms with Crippen LogP contribution in [-0.2, 0) is 22.8 Å². The fourth-order valence-corrected chi connectivity index (χ4v) is 3.20. The first-order chi connectivity index (χ1) is 10.0. The summed E-state index contributed by atoms with van der Waals surface area (Å²) in [5.74, 6) is 0.356. The van der Waals surface area contributed by atoms with E-state index in [2.05, 4.69) is 10.3 Å². The molecule has 1 fully saturated rings. The second-order valence-corrected chi connectivity index (χ2v) is 6.00. The normalized spacial score (nSPS) is 21.9. The van der Waals surface area contributed by atoms with E-state index in [0.717, 1.165) is 10.6 Å². The van der Waals surface area contributed by atoms with Crippen LogP contribution in [0.25, 0.3) is 0 Å². The Labute approximate surface area is 129 Å². The lowest BCUT2D eigenvalue weighted by Gasteiger charge is -2.18. The van der Waals surface area contributed by atoms with Gasteiger partial charge in [-0.2, -0.15) is 0 Å². The zero-order valence-electron chi connectivity index (χ0n) is 11.1. The van der Waals surface area contributed by atoms with E-state index >= 15 is 0 Å². The maximum Gasteiger partial charge on any atom is 0.325 e. The smallest absolute Gasteiger partial charge is 0.325 e. The molecule has 0 saturated carbocycles. The number of nitrogens with one attached hydrogen (secondary N) is 1. The second-order valence-electron chi connectivity index (χ2n) is 4.79. The Balaban J connectivity index is 1.84. The molecule has 2 aromatic rings. The summed E-state index contributed by atoms with van der Waals surface area (Å²) in [6, 6.07) is 2.88. The average Bonchev–Trinajstić information content (AvgIpc) is 3.17. The lowest BCUT2D eigenvalue weighted by atomic mass is 9.99. The first kappa shape index (κ1) is 14.1. The van der Waals surface area contributed by atoms with Crippen LogP contribution < -0.4 is 5.32 Å². The molecular formula is C13H12ClN3O3S. The number of imide groups is 1. The minimum Gasteiger partial charge on any atom is -0.466 e. The highest BCUT2D eigenvalue weighted by molar-refractivity contribution is 7.09. The van der Waals surface area contributed by atoms with Gasteiger partial charge in [-0.3, -0.25) is 9.69 Å². The van der Waals surface area contributed by atoms with Gasteiger partial charge in [-0.25, -0.2) is 9.78 Å². The average molecular weight is 326 g/mol. The fraction of sp³-hybridized carbons (Fsp3) is 0.308. The number of thiazole rings is 1. The number of halogens is 1. The number of furan rings is 1. The molecule has 1 N–H and O–H groups in total. The molecule has 3 amide bonds. The number of alkyl halides is 1. The highest BCUT2D eigenvalue weighted by Crippen LogP contribution is 2.30. The van der Waals surface area contributed by atoms with Crippen molar-refractivity contribution in [1.29, 1.82) is 0 Å². The maximum atomic E-state index is 12.6. The number of aromatic nitrogens is 1. The van der Waals surface area contributed by atoms with Crippen LogP contribution in [0.3, 0.4) is 0 Å². The van der Waals surface area contributed by atoms with Gasteiger partial charge in [-0.1, -0.05) is 0 Å². The predicted octanol–water partition coefficient (Wildman–Crippen LogP) is 2.44. The summed E-state index contributed by atoms with van der Waals surface area (Å²) in [6.07, 6.45) is 1.47. The molecule has 0 aromatic carbocycles. The summed E-state index contributed by atoms with van der Waals surface area (Å²) in [4.78, 5) is 30.0. The third-order valence-electron chi connectivity index (χ3n) is 3.32. The van der Waals surface area contributed by atoms with Gasteiger partial charge in [0.1, 0.15) is 10.8 Å². The topological polar surface area (TPSA) is 75.4 Å². The number of hydrogen-bond acceptors (Lipinski definition) is 5. The molecular weight excluding hydrogens is 314 g/mol. The van der Waals surface area contributed by atoms with Crippen molar-refractivity contribution >= 4 is 34.9 Å². The van der Waals surface area contributed by atoms with E-state index in [4.69, 9.17) is 16.0 Å². The third-order valence-corrected chi connectivity index (χ3v) is 4.47. The van der Waals surface area contributed by atoms with Crippen molar-refractivity contribution in [2.45, 2.75) is 24.9 Å². The summed E-state index contributed by atoms with van der Waals surface area (Å²) in [5, 5.41) is 5.14. The Hall–Kier alpha value is -1.86. The fourth-order valence-electron chi connectivity index (χ4n) is 2.19. The Morgan fingerprint density at radius 3 is 2.95 bits per heavy atom. The van der Waals surface area contributed by atoms with Crippen molar-refractivity contribution in [3.63, 3.8) is 0 Å². The SMILES string of the molecule is CC1(c2ccco2)NC(=O)N(Cc2nc(CCl)cs2)C1=O. The first-order valence-corrected chi connectivity index (χ1v) is 7.63. The summed E-state index contributed by atoms with van der Waals surface area (Å²) in [7, 11) is 0. The number of rotatable bonds is 4. The molecule has 0 radical (unpaired) electrons. The van der Waals surface area contributed by atoms with Gasteiger partial charge in [0.15, 0.2) is 5.54 Å². The molecule has 8 heteroatoms. The molecule has 1 aliphatic rings. The van der Waals surface area contributed by atoms with E-state index in [1.54, 1.807) is 19.1 Å². The molecule has 1 aliphatic heterocycles. The van der Waals surface area contributed by atoms with E-state index < -0.39 is 11.6 Å². The van der Waals surface area contributed by atoms with Crippen LogP contribution >= 0.6 is 22.9 Å². The molecule has 21 heavy (non-hydrogen) atoms. The van der Waals surface area contributed by atoms with Gasteiger partial charge in [-0.05, 0) is 19.1 Å². The summed E-state index contributed by atoms with van der Waals surface area (Å²) in [6.45, 7) is 1.75. The van der Waals surface area contributed by atoms with E-state index in [1.165, 1.54) is 17.6 Å². The van der Waals surface area contributed by atoms with Crippen LogP contribution in [-0.4, -0.2) is 21.8 Å². The van der Waals surface area contributed by atoms with Crippen LogP contribution in [0, 0.1) is 0 Å². The van der Waals surface area contributed by atoms with E-state index in [-0.39, 0.29) is 12.5 Å². The molecule has 1 saturated heterocycles. The van der Waals surface area contributed by atoms with E-state index in [9.17, 15) is 9.59 Å². The first-order valence-electron chi connectivity index (χ1n) is 6.22. The summed E-state index contributed by atoms with van der Waals surface area (Å²) in [5.41, 5.74) is -0.440. The molecule has 1 atom stereocenters. The lowest BCUT2D eigenvalue weighted by molar-refractivity contribution is -0.132. The second kappa shape index (κ2) is 5.16. The molecule has 3 heterocycles. The van der Waals surface area contributed by atoms with Crippen molar-refractivity contribution in [3.05, 3.63) is 40.2 Å². The number of amides is 3. The minimum absolute atomic E-state index is 0.128. The Bertz CT molecular complexity index is 685. The van der Waals surface area contributed by atoms with Crippen LogP contribution in [0.15, 0.2) is 28.2 Å². The Morgan fingerprint density at radius 1 is 1.52 bits per heavy atom. The molecule has 6 nitrogen and oxygen atoms in total. The number of nitrogens with zero attached hydrogens (tertiary/aromatic N) is 2. The lowest BCUT2D eigenvalue weighted by Crippen LogP contribution is -2.40. The van der Waals surface area contributed by atoms with Crippen molar-refractivity contribution in [3.8, 4) is 0 Å². The van der Waals surface area contributed by atoms with Gasteiger partial charge in [0.05, 0.1) is 24.4 Å². The maximum absolute atomic E-state index is 12.6.